The molecule has 0 spiro atoms. The van der Waals surface area contributed by atoms with Gasteiger partial charge in [-0.3, -0.25) is 0 Å². The molecule has 0 fully saturated rings. The van der Waals surface area contributed by atoms with E-state index in [4.69, 9.17) is 11.6 Å². The molecule has 1 aromatic rings. The zero-order valence-corrected chi connectivity index (χ0v) is 8.88. The average Bonchev–Trinajstić information content (AvgIpc) is 2.15. The van der Waals surface area contributed by atoms with E-state index in [1.54, 1.807) is 6.07 Å². The molecule has 0 aliphatic carbocycles. The lowest BCUT2D eigenvalue weighted by molar-refractivity contribution is 0.178. The van der Waals surface area contributed by atoms with Gasteiger partial charge in [-0.2, -0.15) is 0 Å². The van der Waals surface area contributed by atoms with E-state index in [9.17, 15) is 5.11 Å². The van der Waals surface area contributed by atoms with Crippen molar-refractivity contribution in [2.75, 3.05) is 6.54 Å². The van der Waals surface area contributed by atoms with Crippen LogP contribution in [0.3, 0.4) is 0 Å². The highest BCUT2D eigenvalue weighted by atomic mass is 35.5. The molecule has 0 heterocycles. The molecule has 2 N–H and O–H groups in total. The van der Waals surface area contributed by atoms with Crippen LogP contribution in [0.5, 0.6) is 0 Å². The van der Waals surface area contributed by atoms with E-state index in [1.165, 1.54) is 0 Å². The zero-order valence-electron chi connectivity index (χ0n) is 8.13. The van der Waals surface area contributed by atoms with Crippen LogP contribution < -0.4 is 5.32 Å². The maximum atomic E-state index is 9.76. The van der Waals surface area contributed by atoms with Crippen molar-refractivity contribution in [3.63, 3.8) is 0 Å². The highest BCUT2D eigenvalue weighted by Crippen LogP contribution is 2.21. The van der Waals surface area contributed by atoms with E-state index in [-0.39, 0.29) is 0 Å². The van der Waals surface area contributed by atoms with Crippen LogP contribution in [-0.2, 0) is 0 Å². The summed E-state index contributed by atoms with van der Waals surface area (Å²) in [5.74, 6) is 0. The SMILES string of the molecule is C=C(C)NCC(O)c1ccccc1Cl. The number of hydrogen-bond donors (Lipinski definition) is 2. The molecule has 0 bridgehead atoms. The number of allylic oxidation sites excluding steroid dienone is 1. The highest BCUT2D eigenvalue weighted by molar-refractivity contribution is 6.31. The van der Waals surface area contributed by atoms with Gasteiger partial charge in [0.2, 0.25) is 0 Å². The first-order chi connectivity index (χ1) is 6.61. The average molecular weight is 212 g/mol. The summed E-state index contributed by atoms with van der Waals surface area (Å²) in [6, 6.07) is 7.27. The van der Waals surface area contributed by atoms with Gasteiger partial charge in [-0.25, -0.2) is 0 Å². The third-order valence-corrected chi connectivity index (χ3v) is 2.21. The van der Waals surface area contributed by atoms with Gasteiger partial charge in [0.1, 0.15) is 0 Å². The molecule has 2 nitrogen and oxygen atoms in total. The molecular weight excluding hydrogens is 198 g/mol. The Hall–Kier alpha value is -0.990. The van der Waals surface area contributed by atoms with E-state index in [0.717, 1.165) is 11.3 Å². The quantitative estimate of drug-likeness (QED) is 0.802. The van der Waals surface area contributed by atoms with Crippen LogP contribution in [0.2, 0.25) is 5.02 Å². The first-order valence-electron chi connectivity index (χ1n) is 4.43. The standard InChI is InChI=1S/C11H14ClNO/c1-8(2)13-7-11(14)9-5-3-4-6-10(9)12/h3-6,11,13-14H,1,7H2,2H3. The van der Waals surface area contributed by atoms with Gasteiger partial charge in [0, 0.05) is 22.8 Å². The Morgan fingerprint density at radius 1 is 1.57 bits per heavy atom. The molecule has 1 rings (SSSR count). The van der Waals surface area contributed by atoms with Crippen LogP contribution in [0.4, 0.5) is 0 Å². The number of aliphatic hydroxyl groups excluding tert-OH is 1. The second-order valence-electron chi connectivity index (χ2n) is 3.20. The monoisotopic (exact) mass is 211 g/mol. The molecule has 0 radical (unpaired) electrons. The van der Waals surface area contributed by atoms with Crippen LogP contribution >= 0.6 is 11.6 Å². The van der Waals surface area contributed by atoms with Crippen molar-refractivity contribution in [3.05, 3.63) is 47.1 Å². The summed E-state index contributed by atoms with van der Waals surface area (Å²) in [5.41, 5.74) is 1.57. The van der Waals surface area contributed by atoms with Gasteiger partial charge in [0.15, 0.2) is 0 Å². The van der Waals surface area contributed by atoms with Crippen LogP contribution in [0.1, 0.15) is 18.6 Å². The van der Waals surface area contributed by atoms with Crippen LogP contribution in [0.15, 0.2) is 36.5 Å². The van der Waals surface area contributed by atoms with Crippen molar-refractivity contribution < 1.29 is 5.11 Å². The Bertz CT molecular complexity index is 325. The van der Waals surface area contributed by atoms with Gasteiger partial charge in [0.25, 0.3) is 0 Å². The van der Waals surface area contributed by atoms with E-state index in [0.29, 0.717) is 11.6 Å². The molecule has 0 aromatic heterocycles. The molecule has 14 heavy (non-hydrogen) atoms. The number of nitrogens with one attached hydrogen (secondary N) is 1. The Labute approximate surface area is 89.2 Å². The Balaban J connectivity index is 2.65. The minimum Gasteiger partial charge on any atom is -0.387 e. The van der Waals surface area contributed by atoms with E-state index >= 15 is 0 Å². The minimum absolute atomic E-state index is 0.430. The van der Waals surface area contributed by atoms with Crippen LogP contribution in [0.25, 0.3) is 0 Å². The molecule has 1 aromatic carbocycles. The van der Waals surface area contributed by atoms with Gasteiger partial charge >= 0.3 is 0 Å². The number of hydrogen-bond acceptors (Lipinski definition) is 2. The van der Waals surface area contributed by atoms with Crippen molar-refractivity contribution in [3.8, 4) is 0 Å². The molecule has 0 saturated heterocycles. The first-order valence-corrected chi connectivity index (χ1v) is 4.81. The maximum Gasteiger partial charge on any atom is 0.0976 e. The smallest absolute Gasteiger partial charge is 0.0976 e. The molecular formula is C11H14ClNO. The van der Waals surface area contributed by atoms with Crippen molar-refractivity contribution in [1.29, 1.82) is 0 Å². The second-order valence-corrected chi connectivity index (χ2v) is 3.61. The molecule has 3 heteroatoms. The third-order valence-electron chi connectivity index (χ3n) is 1.86. The summed E-state index contributed by atoms with van der Waals surface area (Å²) >= 11 is 5.92. The zero-order chi connectivity index (χ0) is 10.6. The Kier molecular flexibility index (Phi) is 3.98. The van der Waals surface area contributed by atoms with Gasteiger partial charge in [0.05, 0.1) is 6.10 Å². The molecule has 0 aliphatic heterocycles. The topological polar surface area (TPSA) is 32.3 Å². The summed E-state index contributed by atoms with van der Waals surface area (Å²) in [5, 5.41) is 13.3. The maximum absolute atomic E-state index is 9.76. The van der Waals surface area contributed by atoms with Crippen molar-refractivity contribution in [2.24, 2.45) is 0 Å². The number of halogens is 1. The fourth-order valence-corrected chi connectivity index (χ4v) is 1.39. The largest absolute Gasteiger partial charge is 0.387 e. The normalized spacial score (nSPS) is 12.2. The fourth-order valence-electron chi connectivity index (χ4n) is 1.13. The Morgan fingerprint density at radius 3 is 2.79 bits per heavy atom. The molecule has 0 aliphatic rings. The molecule has 0 amide bonds. The second kappa shape index (κ2) is 5.03. The van der Waals surface area contributed by atoms with Crippen molar-refractivity contribution in [2.45, 2.75) is 13.0 Å². The predicted molar refractivity (Wildman–Crippen MR) is 59.2 cm³/mol. The summed E-state index contributed by atoms with van der Waals surface area (Å²) in [7, 11) is 0. The summed E-state index contributed by atoms with van der Waals surface area (Å²) in [6.45, 7) is 5.96. The van der Waals surface area contributed by atoms with Gasteiger partial charge < -0.3 is 10.4 Å². The number of benzene rings is 1. The number of aliphatic hydroxyl groups is 1. The van der Waals surface area contributed by atoms with Gasteiger partial charge in [-0.15, -0.1) is 0 Å². The minimum atomic E-state index is -0.597. The molecule has 1 unspecified atom stereocenters. The summed E-state index contributed by atoms with van der Waals surface area (Å²) in [4.78, 5) is 0. The van der Waals surface area contributed by atoms with Gasteiger partial charge in [-0.05, 0) is 13.0 Å². The predicted octanol–water partition coefficient (Wildman–Crippen LogP) is 2.50. The molecule has 1 atom stereocenters. The molecule has 0 saturated carbocycles. The highest BCUT2D eigenvalue weighted by Gasteiger charge is 2.09. The van der Waals surface area contributed by atoms with E-state index < -0.39 is 6.10 Å². The van der Waals surface area contributed by atoms with Gasteiger partial charge in [-0.1, -0.05) is 36.4 Å². The first kappa shape index (κ1) is 11.1. The van der Waals surface area contributed by atoms with E-state index in [1.807, 2.05) is 25.1 Å². The lowest BCUT2D eigenvalue weighted by Gasteiger charge is -2.13. The van der Waals surface area contributed by atoms with Crippen LogP contribution in [-0.4, -0.2) is 11.7 Å². The van der Waals surface area contributed by atoms with E-state index in [2.05, 4.69) is 11.9 Å². The van der Waals surface area contributed by atoms with Crippen molar-refractivity contribution in [1.82, 2.24) is 5.32 Å². The lowest BCUT2D eigenvalue weighted by Crippen LogP contribution is -2.19. The van der Waals surface area contributed by atoms with Crippen LogP contribution in [0, 0.1) is 0 Å². The third kappa shape index (κ3) is 3.05. The number of rotatable bonds is 4. The Morgan fingerprint density at radius 2 is 2.21 bits per heavy atom. The lowest BCUT2D eigenvalue weighted by atomic mass is 10.1. The molecule has 76 valence electrons. The van der Waals surface area contributed by atoms with Crippen molar-refractivity contribution >= 4 is 11.6 Å². The summed E-state index contributed by atoms with van der Waals surface area (Å²) in [6.07, 6.45) is -0.597. The fraction of sp³-hybridized carbons (Fsp3) is 0.273. The summed E-state index contributed by atoms with van der Waals surface area (Å²) < 4.78 is 0.